The molecule has 4 rings (SSSR count). The molecule has 1 aliphatic heterocycles. The molecule has 1 saturated heterocycles. The predicted octanol–water partition coefficient (Wildman–Crippen LogP) is 3.00. The maximum atomic E-state index is 12.8. The number of H-pyrrole nitrogens is 1. The molecule has 1 atom stereocenters. The van der Waals surface area contributed by atoms with Gasteiger partial charge in [0.1, 0.15) is 11.0 Å². The Bertz CT molecular complexity index is 780. The molecular formula is C15H14N4OS. The summed E-state index contributed by atoms with van der Waals surface area (Å²) in [4.78, 5) is 16.0. The quantitative estimate of drug-likeness (QED) is 0.791. The van der Waals surface area contributed by atoms with Crippen LogP contribution in [0.4, 0.5) is 0 Å². The number of likely N-dealkylation sites (tertiary alicyclic amines) is 1. The van der Waals surface area contributed by atoms with Crippen molar-refractivity contribution in [3.8, 4) is 0 Å². The number of carbonyl (C=O) groups excluding carboxylic acids is 1. The molecule has 1 aliphatic rings. The number of aromatic nitrogens is 3. The lowest BCUT2D eigenvalue weighted by Gasteiger charge is -2.24. The molecule has 1 N–H and O–H groups in total. The van der Waals surface area contributed by atoms with Crippen LogP contribution in [0.2, 0.25) is 0 Å². The van der Waals surface area contributed by atoms with E-state index in [1.165, 1.54) is 4.88 Å². The summed E-state index contributed by atoms with van der Waals surface area (Å²) in [5.74, 6) is 0.0794. The second kappa shape index (κ2) is 4.96. The summed E-state index contributed by atoms with van der Waals surface area (Å²) >= 11 is 1.72. The first kappa shape index (κ1) is 12.5. The molecule has 0 radical (unpaired) electrons. The first-order chi connectivity index (χ1) is 10.3. The van der Waals surface area contributed by atoms with Crippen LogP contribution in [0.25, 0.3) is 11.0 Å². The van der Waals surface area contributed by atoms with Gasteiger partial charge >= 0.3 is 0 Å². The number of fused-ring (bicyclic) bond motifs is 1. The highest BCUT2D eigenvalue weighted by atomic mass is 32.1. The van der Waals surface area contributed by atoms with Gasteiger partial charge in [-0.1, -0.05) is 6.07 Å². The van der Waals surface area contributed by atoms with E-state index < -0.39 is 0 Å². The number of hydrogen-bond acceptors (Lipinski definition) is 4. The Kier molecular flexibility index (Phi) is 2.96. The van der Waals surface area contributed by atoms with Crippen LogP contribution < -0.4 is 0 Å². The standard InChI is InChI=1S/C15H14N4OS/c20-15(10-5-6-11-12(9-10)17-18-16-11)19-7-1-3-13(19)14-4-2-8-21-14/h2,4-6,8-9,13H,1,3,7H2,(H,16,17,18)/t13-/m0/s1. The number of thiophene rings is 1. The van der Waals surface area contributed by atoms with Crippen molar-refractivity contribution in [2.24, 2.45) is 0 Å². The molecular weight excluding hydrogens is 284 g/mol. The monoisotopic (exact) mass is 298 g/mol. The maximum Gasteiger partial charge on any atom is 0.254 e. The van der Waals surface area contributed by atoms with E-state index in [1.807, 2.05) is 29.2 Å². The normalized spacial score (nSPS) is 18.5. The van der Waals surface area contributed by atoms with Gasteiger partial charge in [0.15, 0.2) is 0 Å². The van der Waals surface area contributed by atoms with E-state index >= 15 is 0 Å². The first-order valence-electron chi connectivity index (χ1n) is 6.98. The Morgan fingerprint density at radius 2 is 2.19 bits per heavy atom. The average molecular weight is 298 g/mol. The lowest BCUT2D eigenvalue weighted by molar-refractivity contribution is 0.0738. The summed E-state index contributed by atoms with van der Waals surface area (Å²) in [6.45, 7) is 0.818. The van der Waals surface area contributed by atoms with Gasteiger partial charge < -0.3 is 4.90 Å². The molecule has 0 bridgehead atoms. The largest absolute Gasteiger partial charge is 0.331 e. The van der Waals surface area contributed by atoms with Crippen LogP contribution in [0.5, 0.6) is 0 Å². The minimum absolute atomic E-state index is 0.0794. The van der Waals surface area contributed by atoms with E-state index in [-0.39, 0.29) is 11.9 Å². The molecule has 1 aromatic carbocycles. The zero-order chi connectivity index (χ0) is 14.2. The average Bonchev–Trinajstić information content (AvgIpc) is 3.24. The highest BCUT2D eigenvalue weighted by Crippen LogP contribution is 2.35. The first-order valence-corrected chi connectivity index (χ1v) is 7.86. The molecule has 3 heterocycles. The van der Waals surface area contributed by atoms with Crippen molar-refractivity contribution >= 4 is 28.3 Å². The molecule has 5 nitrogen and oxygen atoms in total. The molecule has 1 fully saturated rings. The Balaban J connectivity index is 1.66. The summed E-state index contributed by atoms with van der Waals surface area (Å²) in [6, 6.07) is 9.85. The van der Waals surface area contributed by atoms with Crippen LogP contribution in [-0.4, -0.2) is 32.8 Å². The molecule has 3 aromatic rings. The summed E-state index contributed by atoms with van der Waals surface area (Å²) in [7, 11) is 0. The van der Waals surface area contributed by atoms with Crippen LogP contribution in [-0.2, 0) is 0 Å². The summed E-state index contributed by atoms with van der Waals surface area (Å²) in [5, 5.41) is 12.7. The second-order valence-electron chi connectivity index (χ2n) is 5.20. The van der Waals surface area contributed by atoms with Crippen LogP contribution >= 0.6 is 11.3 Å². The van der Waals surface area contributed by atoms with Gasteiger partial charge in [-0.3, -0.25) is 4.79 Å². The van der Waals surface area contributed by atoms with Gasteiger partial charge in [0, 0.05) is 17.0 Å². The van der Waals surface area contributed by atoms with E-state index in [9.17, 15) is 4.79 Å². The van der Waals surface area contributed by atoms with E-state index in [1.54, 1.807) is 11.3 Å². The third-order valence-corrected chi connectivity index (χ3v) is 4.92. The second-order valence-corrected chi connectivity index (χ2v) is 6.18. The Morgan fingerprint density at radius 3 is 3.05 bits per heavy atom. The fraction of sp³-hybridized carbons (Fsp3) is 0.267. The topological polar surface area (TPSA) is 61.9 Å². The predicted molar refractivity (Wildman–Crippen MR) is 81.2 cm³/mol. The highest BCUT2D eigenvalue weighted by Gasteiger charge is 2.31. The number of amides is 1. The van der Waals surface area contributed by atoms with Crippen molar-refractivity contribution in [3.63, 3.8) is 0 Å². The van der Waals surface area contributed by atoms with Crippen LogP contribution in [0.1, 0.15) is 34.1 Å². The number of carbonyl (C=O) groups is 1. The number of benzene rings is 1. The third-order valence-electron chi connectivity index (χ3n) is 3.95. The zero-order valence-corrected chi connectivity index (χ0v) is 12.1. The van der Waals surface area contributed by atoms with Gasteiger partial charge in [-0.25, -0.2) is 0 Å². The van der Waals surface area contributed by atoms with Gasteiger partial charge in [0.25, 0.3) is 5.91 Å². The van der Waals surface area contributed by atoms with Crippen LogP contribution in [0, 0.1) is 0 Å². The van der Waals surface area contributed by atoms with E-state index in [0.717, 1.165) is 30.4 Å². The fourth-order valence-electron chi connectivity index (χ4n) is 2.93. The van der Waals surface area contributed by atoms with Gasteiger partial charge in [-0.15, -0.1) is 11.3 Å². The molecule has 106 valence electrons. The Hall–Kier alpha value is -2.21. The molecule has 21 heavy (non-hydrogen) atoms. The number of nitrogens with zero attached hydrogens (tertiary/aromatic N) is 3. The van der Waals surface area contributed by atoms with Crippen molar-refractivity contribution in [1.29, 1.82) is 0 Å². The van der Waals surface area contributed by atoms with E-state index in [4.69, 9.17) is 0 Å². The van der Waals surface area contributed by atoms with Crippen molar-refractivity contribution in [2.45, 2.75) is 18.9 Å². The Morgan fingerprint density at radius 1 is 1.29 bits per heavy atom. The highest BCUT2D eigenvalue weighted by molar-refractivity contribution is 7.10. The molecule has 0 unspecified atom stereocenters. The van der Waals surface area contributed by atoms with Gasteiger partial charge in [0.05, 0.1) is 6.04 Å². The summed E-state index contributed by atoms with van der Waals surface area (Å²) in [5.41, 5.74) is 2.19. The third kappa shape index (κ3) is 2.12. The van der Waals surface area contributed by atoms with Gasteiger partial charge in [0.2, 0.25) is 0 Å². The molecule has 0 spiro atoms. The summed E-state index contributed by atoms with van der Waals surface area (Å²) < 4.78 is 0. The Labute approximate surface area is 125 Å². The van der Waals surface area contributed by atoms with Crippen molar-refractivity contribution in [2.75, 3.05) is 6.54 Å². The lowest BCUT2D eigenvalue weighted by atomic mass is 10.1. The van der Waals surface area contributed by atoms with Crippen molar-refractivity contribution < 1.29 is 4.79 Å². The fourth-order valence-corrected chi connectivity index (χ4v) is 3.80. The van der Waals surface area contributed by atoms with E-state index in [0.29, 0.717) is 5.56 Å². The molecule has 1 amide bonds. The number of aromatic amines is 1. The lowest BCUT2D eigenvalue weighted by Crippen LogP contribution is -2.30. The van der Waals surface area contributed by atoms with Crippen LogP contribution in [0.15, 0.2) is 35.7 Å². The number of nitrogens with one attached hydrogen (secondary N) is 1. The maximum absolute atomic E-state index is 12.8. The summed E-state index contributed by atoms with van der Waals surface area (Å²) in [6.07, 6.45) is 2.10. The number of rotatable bonds is 2. The minimum Gasteiger partial charge on any atom is -0.331 e. The van der Waals surface area contributed by atoms with Crippen molar-refractivity contribution in [1.82, 2.24) is 20.3 Å². The number of hydrogen-bond donors (Lipinski definition) is 1. The minimum atomic E-state index is 0.0794. The van der Waals surface area contributed by atoms with Gasteiger partial charge in [-0.05, 0) is 42.5 Å². The van der Waals surface area contributed by atoms with E-state index in [2.05, 4.69) is 26.9 Å². The molecule has 2 aromatic heterocycles. The van der Waals surface area contributed by atoms with Crippen molar-refractivity contribution in [3.05, 3.63) is 46.2 Å². The van der Waals surface area contributed by atoms with Crippen LogP contribution in [0.3, 0.4) is 0 Å². The zero-order valence-electron chi connectivity index (χ0n) is 11.3. The molecule has 6 heteroatoms. The SMILES string of the molecule is O=C(c1ccc2n[nH]nc2c1)N1CCC[C@H]1c1cccs1. The molecule has 0 saturated carbocycles. The smallest absolute Gasteiger partial charge is 0.254 e. The molecule has 0 aliphatic carbocycles. The van der Waals surface area contributed by atoms with Gasteiger partial charge in [-0.2, -0.15) is 15.4 Å².